The normalized spacial score (nSPS) is 23.1. The molecule has 0 spiro atoms. The van der Waals surface area contributed by atoms with Crippen LogP contribution in [0.15, 0.2) is 59.8 Å². The second-order valence-electron chi connectivity index (χ2n) is 7.13. The van der Waals surface area contributed by atoms with E-state index in [2.05, 4.69) is 38.7 Å². The lowest BCUT2D eigenvalue weighted by Crippen LogP contribution is -2.58. The van der Waals surface area contributed by atoms with Crippen molar-refractivity contribution in [1.82, 2.24) is 0 Å². The number of thioether (sulfide) groups is 1. The Morgan fingerprint density at radius 2 is 1.93 bits per heavy atom. The first kappa shape index (κ1) is 20.2. The molecule has 2 amide bonds. The molecule has 4 nitrogen and oxygen atoms in total. The lowest BCUT2D eigenvalue weighted by atomic mass is 10.1. The van der Waals surface area contributed by atoms with Gasteiger partial charge in [-0.15, -0.1) is 0 Å². The Balaban J connectivity index is 1.76. The average molecular weight is 449 g/mol. The van der Waals surface area contributed by atoms with Crippen LogP contribution in [-0.2, 0) is 4.79 Å². The monoisotopic (exact) mass is 448 g/mol. The van der Waals surface area contributed by atoms with Gasteiger partial charge in [-0.2, -0.15) is 9.05 Å². The van der Waals surface area contributed by atoms with Crippen LogP contribution in [0.3, 0.4) is 0 Å². The molecule has 1 aliphatic rings. The van der Waals surface area contributed by atoms with Crippen molar-refractivity contribution in [2.24, 2.45) is 5.92 Å². The number of amides is 2. The molecule has 1 aliphatic heterocycles. The summed E-state index contributed by atoms with van der Waals surface area (Å²) in [5, 5.41) is 1.08. The van der Waals surface area contributed by atoms with Gasteiger partial charge in [0.05, 0.1) is 28.4 Å². The van der Waals surface area contributed by atoms with Crippen LogP contribution in [0, 0.1) is 5.92 Å². The highest BCUT2D eigenvalue weighted by Gasteiger charge is 2.52. The summed E-state index contributed by atoms with van der Waals surface area (Å²) in [5.74, 6) is 0.459. The van der Waals surface area contributed by atoms with Gasteiger partial charge in [-0.1, -0.05) is 30.0 Å². The molecule has 2 heterocycles. The molecule has 2 unspecified atom stereocenters. The number of halogens is 1. The van der Waals surface area contributed by atoms with Crippen LogP contribution in [0.2, 0.25) is 0 Å². The fourth-order valence-electron chi connectivity index (χ4n) is 3.77. The van der Waals surface area contributed by atoms with E-state index in [0.29, 0.717) is 12.3 Å². The topological polar surface area (TPSA) is 38.0 Å². The van der Waals surface area contributed by atoms with Crippen molar-refractivity contribution >= 4 is 38.4 Å². The van der Waals surface area contributed by atoms with Crippen LogP contribution in [0.4, 0.5) is 4.79 Å². The third-order valence-electron chi connectivity index (χ3n) is 5.35. The maximum atomic E-state index is 13.2. The van der Waals surface area contributed by atoms with Gasteiger partial charge >= 0.3 is 10.7 Å². The Labute approximate surface area is 173 Å². The zero-order valence-corrected chi connectivity index (χ0v) is 18.1. The highest BCUT2D eigenvalue weighted by Crippen LogP contribution is 2.33. The van der Waals surface area contributed by atoms with Crippen LogP contribution >= 0.6 is 27.7 Å². The zero-order valence-electron chi connectivity index (χ0n) is 15.7. The zero-order chi connectivity index (χ0) is 19.4. The summed E-state index contributed by atoms with van der Waals surface area (Å²) in [6, 6.07) is 16.3. The number of hydrogen-bond acceptors (Lipinski definition) is 3. The number of rotatable bonds is 5. The van der Waals surface area contributed by atoms with E-state index >= 15 is 0 Å². The summed E-state index contributed by atoms with van der Waals surface area (Å²) < 4.78 is 2.07. The van der Waals surface area contributed by atoms with Gasteiger partial charge in [0.25, 0.3) is 0 Å². The summed E-state index contributed by atoms with van der Waals surface area (Å²) in [7, 11) is 0. The summed E-state index contributed by atoms with van der Waals surface area (Å²) in [4.78, 5) is 25.3. The molecule has 0 N–H and O–H groups in total. The average Bonchev–Trinajstić information content (AvgIpc) is 3.09. The van der Waals surface area contributed by atoms with Crippen LogP contribution in [0.1, 0.15) is 26.7 Å². The Hall–Kier alpha value is -1.50. The van der Waals surface area contributed by atoms with E-state index in [0.717, 1.165) is 23.6 Å². The first-order chi connectivity index (χ1) is 13.0. The van der Waals surface area contributed by atoms with Crippen LogP contribution in [0.25, 0.3) is 5.69 Å². The second kappa shape index (κ2) is 8.67. The van der Waals surface area contributed by atoms with Gasteiger partial charge in [0.1, 0.15) is 6.04 Å². The SMILES string of the molecule is CC(CSc1cccc[n+]1-c1ccccc1)C(=O)[N+]1(C(=O)Br)CCC[C@H]1C. The van der Waals surface area contributed by atoms with Gasteiger partial charge < -0.3 is 0 Å². The van der Waals surface area contributed by atoms with Crippen LogP contribution < -0.4 is 4.57 Å². The van der Waals surface area contributed by atoms with Crippen molar-refractivity contribution in [3.05, 3.63) is 54.7 Å². The molecule has 6 heteroatoms. The Morgan fingerprint density at radius 1 is 1.22 bits per heavy atom. The predicted octanol–water partition coefficient (Wildman–Crippen LogP) is 4.73. The van der Waals surface area contributed by atoms with Crippen molar-refractivity contribution in [1.29, 1.82) is 0 Å². The first-order valence-corrected chi connectivity index (χ1v) is 11.1. The molecule has 3 atom stereocenters. The molecule has 2 aromatic rings. The lowest BCUT2D eigenvalue weighted by molar-refractivity contribution is -0.779. The highest BCUT2D eigenvalue weighted by atomic mass is 79.9. The van der Waals surface area contributed by atoms with Crippen molar-refractivity contribution in [3.8, 4) is 5.69 Å². The molecule has 0 bridgehead atoms. The van der Waals surface area contributed by atoms with Gasteiger partial charge in [-0.25, -0.2) is 9.59 Å². The summed E-state index contributed by atoms with van der Waals surface area (Å²) in [5.41, 5.74) is 1.09. The van der Waals surface area contributed by atoms with E-state index in [1.54, 1.807) is 11.8 Å². The Bertz CT molecular complexity index is 830. The van der Waals surface area contributed by atoms with Gasteiger partial charge in [-0.3, -0.25) is 0 Å². The molecule has 0 radical (unpaired) electrons. The second-order valence-corrected chi connectivity index (χ2v) is 8.85. The van der Waals surface area contributed by atoms with E-state index in [9.17, 15) is 9.59 Å². The largest absolute Gasteiger partial charge is 0.389 e. The predicted molar refractivity (Wildman–Crippen MR) is 111 cm³/mol. The lowest BCUT2D eigenvalue weighted by Gasteiger charge is -2.32. The molecule has 1 saturated heterocycles. The van der Waals surface area contributed by atoms with Crippen molar-refractivity contribution < 1.29 is 18.6 Å². The maximum absolute atomic E-state index is 13.2. The van der Waals surface area contributed by atoms with Crippen molar-refractivity contribution in [2.45, 2.75) is 37.8 Å². The summed E-state index contributed by atoms with van der Waals surface area (Å²) >= 11 is 4.76. The molecule has 3 rings (SSSR count). The molecule has 1 aromatic carbocycles. The van der Waals surface area contributed by atoms with E-state index in [-0.39, 0.29) is 27.2 Å². The number of imide groups is 1. The number of para-hydroxylation sites is 1. The van der Waals surface area contributed by atoms with Crippen molar-refractivity contribution in [2.75, 3.05) is 12.3 Å². The van der Waals surface area contributed by atoms with Gasteiger partial charge in [0, 0.05) is 42.9 Å². The van der Waals surface area contributed by atoms with Gasteiger partial charge in [0.15, 0.2) is 6.20 Å². The number of likely N-dealkylation sites (tertiary alicyclic amines) is 1. The molecule has 1 fully saturated rings. The molecular formula is C21H25BrN2O2S+2. The van der Waals surface area contributed by atoms with Gasteiger partial charge in [-0.05, 0) is 19.9 Å². The van der Waals surface area contributed by atoms with E-state index < -0.39 is 0 Å². The smallest absolute Gasteiger partial charge is 0.230 e. The minimum absolute atomic E-state index is 0.0246. The number of pyridine rings is 1. The van der Waals surface area contributed by atoms with E-state index in [4.69, 9.17) is 0 Å². The maximum Gasteiger partial charge on any atom is 0.389 e. The fourth-order valence-corrected chi connectivity index (χ4v) is 5.52. The van der Waals surface area contributed by atoms with E-state index in [1.807, 2.05) is 50.4 Å². The van der Waals surface area contributed by atoms with Crippen LogP contribution in [0.5, 0.6) is 0 Å². The third-order valence-corrected chi connectivity index (χ3v) is 7.28. The third kappa shape index (κ3) is 4.03. The van der Waals surface area contributed by atoms with Gasteiger partial charge in [0.2, 0.25) is 10.7 Å². The minimum atomic E-state index is -0.207. The number of carbonyl (C=O) groups excluding carboxylic acids is 2. The molecule has 0 aliphatic carbocycles. The number of hydrogen-bond donors (Lipinski definition) is 0. The summed E-state index contributed by atoms with van der Waals surface area (Å²) in [6.45, 7) is 4.55. The van der Waals surface area contributed by atoms with Crippen molar-refractivity contribution in [3.63, 3.8) is 0 Å². The minimum Gasteiger partial charge on any atom is -0.230 e. The number of nitrogens with zero attached hydrogens (tertiary/aromatic N) is 2. The fraction of sp³-hybridized carbons (Fsp3) is 0.381. The Morgan fingerprint density at radius 3 is 2.56 bits per heavy atom. The van der Waals surface area contributed by atoms with Crippen LogP contribution in [-0.4, -0.2) is 33.5 Å². The molecule has 1 aromatic heterocycles. The van der Waals surface area contributed by atoms with E-state index in [1.165, 1.54) is 0 Å². The standard InChI is InChI=1S/C21H25BrN2O2S/c1-16(20(25)24(21(22)26)14-8-9-17(24)2)15-27-19-12-6-7-13-23(19)18-10-4-3-5-11-18/h3-7,10-13,16-17H,8-9,14-15H2,1-2H3/q+2/t16?,17-,24?/m1/s1. The number of aromatic nitrogens is 1. The molecule has 27 heavy (non-hydrogen) atoms. The quantitative estimate of drug-likeness (QED) is 0.218. The Kier molecular flexibility index (Phi) is 6.50. The summed E-state index contributed by atoms with van der Waals surface area (Å²) in [6.07, 6.45) is 3.86. The molecule has 142 valence electrons. The molecule has 0 saturated carbocycles. The number of benzene rings is 1. The molecular weight excluding hydrogens is 424 g/mol. The number of carbonyl (C=O) groups is 2. The number of quaternary nitrogens is 1. The first-order valence-electron chi connectivity index (χ1n) is 9.28. The highest BCUT2D eigenvalue weighted by molar-refractivity contribution is 9.18.